The van der Waals surface area contributed by atoms with E-state index in [4.69, 9.17) is 18.9 Å². The third-order valence-corrected chi connectivity index (χ3v) is 13.1. The molecule has 0 saturated carbocycles. The molecule has 4 aliphatic rings. The van der Waals surface area contributed by atoms with E-state index in [1.165, 1.54) is 34.9 Å². The number of hydrogen-bond donors (Lipinski definition) is 1. The highest BCUT2D eigenvalue weighted by molar-refractivity contribution is 5.98. The van der Waals surface area contributed by atoms with Crippen molar-refractivity contribution in [1.82, 2.24) is 24.0 Å². The molecule has 2 aliphatic carbocycles. The van der Waals surface area contributed by atoms with Crippen LogP contribution in [-0.2, 0) is 48.2 Å². The van der Waals surface area contributed by atoms with Crippen LogP contribution in [0.15, 0.2) is 95.0 Å². The summed E-state index contributed by atoms with van der Waals surface area (Å²) in [5.41, 5.74) is 5.54. The van der Waals surface area contributed by atoms with Gasteiger partial charge in [-0.05, 0) is 68.2 Å². The molecule has 2 fully saturated rings. The van der Waals surface area contributed by atoms with E-state index in [1.807, 2.05) is 56.5 Å². The summed E-state index contributed by atoms with van der Waals surface area (Å²) in [6.45, 7) is 16.3. The Morgan fingerprint density at radius 2 is 1.04 bits per heavy atom. The lowest BCUT2D eigenvalue weighted by molar-refractivity contribution is -0.0250. The number of amides is 1. The predicted octanol–water partition coefficient (Wildman–Crippen LogP) is 6.73. The van der Waals surface area contributed by atoms with Gasteiger partial charge >= 0.3 is 5.97 Å². The maximum Gasteiger partial charge on any atom is 0.341 e. The molecule has 4 aromatic heterocycles. The van der Waals surface area contributed by atoms with Gasteiger partial charge in [-0.25, -0.2) is 14.8 Å². The number of aromatic carboxylic acids is 1. The molecule has 1 amide bonds. The molecule has 0 unspecified atom stereocenters. The summed E-state index contributed by atoms with van der Waals surface area (Å²) in [4.78, 5) is 61.4. The van der Waals surface area contributed by atoms with Gasteiger partial charge in [0, 0.05) is 76.5 Å². The first-order chi connectivity index (χ1) is 32.3. The van der Waals surface area contributed by atoms with Crippen molar-refractivity contribution in [2.75, 3.05) is 26.4 Å². The molecule has 2 saturated heterocycles. The van der Waals surface area contributed by atoms with Crippen LogP contribution in [0.1, 0.15) is 90.9 Å². The second-order valence-corrected chi connectivity index (χ2v) is 18.5. The Kier molecular flexibility index (Phi) is 15.8. The number of rotatable bonds is 8. The molecule has 2 aliphatic heterocycles. The average molecular weight is 930 g/mol. The van der Waals surface area contributed by atoms with Crippen molar-refractivity contribution in [1.29, 1.82) is 0 Å². The van der Waals surface area contributed by atoms with Gasteiger partial charge in [-0.1, -0.05) is 62.4 Å². The number of carbonyl (C=O) groups is 2. The molecule has 0 radical (unpaired) electrons. The summed E-state index contributed by atoms with van der Waals surface area (Å²) in [5.74, 6) is 0.857. The molecule has 0 bridgehead atoms. The molecule has 10 rings (SSSR count). The topological polar surface area (TPSA) is 196 Å². The number of benzene rings is 2. The fourth-order valence-corrected chi connectivity index (χ4v) is 9.88. The SMILES string of the molecule is CCn1cc(C(=O)N2[C@H](C)COC[C@H]2C)c(=O)c2cc(OC3Cc4ccccc4C3)ncc21.CCn1cc(C(=O)O)c(=O)c2cc(OC3Cc4ccccc4C3)ncc21.C[C@@H]1COC[C@@H](C)C1.O. The minimum atomic E-state index is -1.23. The molecular weight excluding hydrogens is 867 g/mol. The summed E-state index contributed by atoms with van der Waals surface area (Å²) in [7, 11) is 0. The molecular formula is C53H63N5O10. The van der Waals surface area contributed by atoms with E-state index in [1.54, 1.807) is 40.2 Å². The Balaban J connectivity index is 0.000000174. The number of fused-ring (bicyclic) bond motifs is 4. The van der Waals surface area contributed by atoms with Crippen molar-refractivity contribution in [3.63, 3.8) is 0 Å². The van der Waals surface area contributed by atoms with Crippen molar-refractivity contribution in [3.05, 3.63) is 139 Å². The van der Waals surface area contributed by atoms with Gasteiger partial charge in [-0.15, -0.1) is 0 Å². The third kappa shape index (κ3) is 10.8. The van der Waals surface area contributed by atoms with Crippen LogP contribution in [0.3, 0.4) is 0 Å². The zero-order valence-corrected chi connectivity index (χ0v) is 39.8. The number of aromatic nitrogens is 4. The Morgan fingerprint density at radius 1 is 0.647 bits per heavy atom. The van der Waals surface area contributed by atoms with E-state index in [2.05, 4.69) is 48.1 Å². The fraction of sp³-hybridized carbons (Fsp3) is 0.434. The normalized spacial score (nSPS) is 20.0. The van der Waals surface area contributed by atoms with Crippen molar-refractivity contribution < 1.29 is 39.1 Å². The van der Waals surface area contributed by atoms with E-state index < -0.39 is 11.4 Å². The van der Waals surface area contributed by atoms with Crippen LogP contribution in [0, 0.1) is 11.8 Å². The first-order valence-electron chi connectivity index (χ1n) is 23.6. The molecule has 2 aromatic carbocycles. The van der Waals surface area contributed by atoms with E-state index in [-0.39, 0.29) is 52.2 Å². The first kappa shape index (κ1) is 49.5. The van der Waals surface area contributed by atoms with E-state index in [0.717, 1.165) is 50.7 Å². The highest BCUT2D eigenvalue weighted by Gasteiger charge is 2.33. The maximum atomic E-state index is 13.5. The summed E-state index contributed by atoms with van der Waals surface area (Å²) < 4.78 is 26.6. The van der Waals surface area contributed by atoms with E-state index >= 15 is 0 Å². The highest BCUT2D eigenvalue weighted by atomic mass is 16.5. The molecule has 6 aromatic rings. The summed E-state index contributed by atoms with van der Waals surface area (Å²) in [6, 6.07) is 19.6. The second kappa shape index (κ2) is 21.7. The van der Waals surface area contributed by atoms with Crippen molar-refractivity contribution in [2.45, 2.75) is 111 Å². The Morgan fingerprint density at radius 3 is 1.43 bits per heavy atom. The van der Waals surface area contributed by atoms with Crippen LogP contribution >= 0.6 is 0 Å². The maximum absolute atomic E-state index is 13.5. The predicted molar refractivity (Wildman–Crippen MR) is 260 cm³/mol. The molecule has 0 spiro atoms. The monoisotopic (exact) mass is 929 g/mol. The van der Waals surface area contributed by atoms with Gasteiger partial charge in [0.1, 0.15) is 23.3 Å². The number of ether oxygens (including phenoxy) is 4. The minimum absolute atomic E-state index is 0. The smallest absolute Gasteiger partial charge is 0.341 e. The molecule has 6 heterocycles. The summed E-state index contributed by atoms with van der Waals surface area (Å²) in [5, 5.41) is 10.1. The van der Waals surface area contributed by atoms with Crippen LogP contribution in [-0.4, -0.2) is 97.2 Å². The Bertz CT molecular complexity index is 2830. The summed E-state index contributed by atoms with van der Waals surface area (Å²) >= 11 is 0. The van der Waals surface area contributed by atoms with Crippen molar-refractivity contribution in [3.8, 4) is 11.8 Å². The average Bonchev–Trinajstić information content (AvgIpc) is 3.93. The largest absolute Gasteiger partial charge is 0.477 e. The van der Waals surface area contributed by atoms with Crippen LogP contribution in [0.5, 0.6) is 11.8 Å². The number of carbonyl (C=O) groups excluding carboxylic acids is 1. The third-order valence-electron chi connectivity index (χ3n) is 13.1. The van der Waals surface area contributed by atoms with Gasteiger partial charge in [0.05, 0.1) is 59.5 Å². The fourth-order valence-electron chi connectivity index (χ4n) is 9.88. The number of hydrogen-bond acceptors (Lipinski definition) is 10. The molecule has 360 valence electrons. The number of carboxylic acid groups (broad SMARTS) is 1. The van der Waals surface area contributed by atoms with E-state index in [0.29, 0.717) is 59.9 Å². The molecule has 15 nitrogen and oxygen atoms in total. The van der Waals surface area contributed by atoms with Gasteiger partial charge in [-0.2, -0.15) is 0 Å². The van der Waals surface area contributed by atoms with Gasteiger partial charge < -0.3 is 43.6 Å². The summed E-state index contributed by atoms with van der Waals surface area (Å²) in [6.07, 6.45) is 10.8. The molecule has 4 atom stereocenters. The van der Waals surface area contributed by atoms with Crippen LogP contribution in [0.2, 0.25) is 0 Å². The quantitative estimate of drug-likeness (QED) is 0.170. The number of aryl methyl sites for hydroxylation is 2. The van der Waals surface area contributed by atoms with Crippen LogP contribution in [0.4, 0.5) is 0 Å². The van der Waals surface area contributed by atoms with Crippen molar-refractivity contribution in [2.24, 2.45) is 11.8 Å². The zero-order valence-electron chi connectivity index (χ0n) is 39.8. The molecule has 3 N–H and O–H groups in total. The Labute approximate surface area is 396 Å². The van der Waals surface area contributed by atoms with Gasteiger partial charge in [0.25, 0.3) is 5.91 Å². The Hall–Kier alpha value is -6.42. The number of carboxylic acids is 1. The molecule has 15 heteroatoms. The standard InChI is InChI=1S/C26H29N3O4.C20H18N2O4.C7H14O.H2O/c1-4-28-13-22(26(31)29-16(2)14-32-15-17(29)3)25(30)21-11-24(27-12-23(21)28)33-20-9-18-7-5-6-8-19(18)10-20;1-2-22-11-16(20(24)25)19(23)15-9-18(21-10-17(15)22)26-14-7-12-5-3-4-6-13(12)8-14;1-6-3-7(2)5-8-4-6;/h5-8,11-13,16-17,20H,4,9-10,14-15H2,1-3H3;3-6,9-11,14H,2,7-8H2,1H3,(H,24,25);6-7H,3-5H2,1-2H3;1H2/t16-,17-;;6-,7-;/m1.0./s1. The first-order valence-corrected chi connectivity index (χ1v) is 23.6. The zero-order chi connectivity index (χ0) is 47.4. The second-order valence-electron chi connectivity index (χ2n) is 18.5. The van der Waals surface area contributed by atoms with Crippen molar-refractivity contribution >= 4 is 33.7 Å². The van der Waals surface area contributed by atoms with Crippen LogP contribution < -0.4 is 20.3 Å². The lowest BCUT2D eigenvalue weighted by atomic mass is 9.96. The number of morpholine rings is 1. The highest BCUT2D eigenvalue weighted by Crippen LogP contribution is 2.28. The van der Waals surface area contributed by atoms with E-state index in [9.17, 15) is 24.3 Å². The number of nitrogens with zero attached hydrogens (tertiary/aromatic N) is 5. The van der Waals surface area contributed by atoms with Crippen LogP contribution in [0.25, 0.3) is 21.8 Å². The van der Waals surface area contributed by atoms with Gasteiger partial charge in [0.2, 0.25) is 22.6 Å². The van der Waals surface area contributed by atoms with Gasteiger partial charge in [0.15, 0.2) is 0 Å². The molecule has 68 heavy (non-hydrogen) atoms. The lowest BCUT2D eigenvalue weighted by Crippen LogP contribution is -2.53. The minimum Gasteiger partial charge on any atom is -0.477 e. The number of pyridine rings is 4. The van der Waals surface area contributed by atoms with Gasteiger partial charge in [-0.3, -0.25) is 14.4 Å². The lowest BCUT2D eigenvalue weighted by Gasteiger charge is -2.38.